The molecule has 0 aromatic carbocycles. The van der Waals surface area contributed by atoms with Crippen LogP contribution in [-0.4, -0.2) is 46.7 Å². The molecule has 8 nitrogen and oxygen atoms in total. The second-order valence-corrected chi connectivity index (χ2v) is 11.7. The van der Waals surface area contributed by atoms with Crippen molar-refractivity contribution in [3.8, 4) is 0 Å². The molecule has 0 fully saturated rings. The molecule has 1 heterocycles. The van der Waals surface area contributed by atoms with Crippen molar-refractivity contribution in [3.63, 3.8) is 0 Å². The smallest absolute Gasteiger partial charge is 0.404 e. The first kappa shape index (κ1) is 17.6. The number of ether oxygens (including phenoxy) is 2. The summed E-state index contributed by atoms with van der Waals surface area (Å²) < 4.78 is 11.9. The Hall–Kier alpha value is -1.45. The van der Waals surface area contributed by atoms with Crippen molar-refractivity contribution in [3.05, 3.63) is 12.2 Å². The van der Waals surface area contributed by atoms with Gasteiger partial charge in [0.2, 0.25) is 0 Å². The number of primary amides is 1. The highest BCUT2D eigenvalue weighted by Gasteiger charge is 2.24. The Kier molecular flexibility index (Phi) is 6.31. The van der Waals surface area contributed by atoms with E-state index >= 15 is 0 Å². The number of nitrogens with zero attached hydrogens (tertiary/aromatic N) is 3. The van der Waals surface area contributed by atoms with Crippen LogP contribution in [0.15, 0.2) is 6.33 Å². The van der Waals surface area contributed by atoms with Crippen molar-refractivity contribution >= 4 is 14.2 Å². The van der Waals surface area contributed by atoms with Crippen LogP contribution in [0.5, 0.6) is 0 Å². The molecule has 0 saturated heterocycles. The van der Waals surface area contributed by atoms with Crippen LogP contribution in [0.4, 0.5) is 4.79 Å². The largest absolute Gasteiger partial charge is 0.443 e. The third kappa shape index (κ3) is 6.23. The zero-order valence-corrected chi connectivity index (χ0v) is 13.9. The lowest BCUT2D eigenvalue weighted by molar-refractivity contribution is 0.00350. The lowest BCUT2D eigenvalue weighted by Crippen LogP contribution is -2.28. The summed E-state index contributed by atoms with van der Waals surface area (Å²) in [6.07, 6.45) is -1.41. The van der Waals surface area contributed by atoms with E-state index in [1.807, 2.05) is 0 Å². The first-order chi connectivity index (χ1) is 9.70. The Morgan fingerprint density at radius 2 is 2.19 bits per heavy atom. The van der Waals surface area contributed by atoms with Gasteiger partial charge in [0.15, 0.2) is 11.9 Å². The maximum Gasteiger partial charge on any atom is 0.404 e. The van der Waals surface area contributed by atoms with Gasteiger partial charge in [-0.05, 0) is 13.0 Å². The molecule has 21 heavy (non-hydrogen) atoms. The van der Waals surface area contributed by atoms with Crippen molar-refractivity contribution in [2.75, 3.05) is 6.61 Å². The molecule has 0 aliphatic rings. The maximum absolute atomic E-state index is 10.7. The van der Waals surface area contributed by atoms with Gasteiger partial charge in [0.25, 0.3) is 0 Å². The van der Waals surface area contributed by atoms with E-state index in [0.29, 0.717) is 6.61 Å². The van der Waals surface area contributed by atoms with E-state index in [4.69, 9.17) is 15.2 Å². The predicted molar refractivity (Wildman–Crippen MR) is 79.2 cm³/mol. The lowest BCUT2D eigenvalue weighted by atomic mass is 10.2. The molecule has 0 spiro atoms. The van der Waals surface area contributed by atoms with Gasteiger partial charge in [-0.25, -0.2) is 4.79 Å². The minimum absolute atomic E-state index is 0.243. The predicted octanol–water partition coefficient (Wildman–Crippen LogP) is 1.11. The third-order valence-electron chi connectivity index (χ3n) is 2.88. The van der Waals surface area contributed by atoms with Gasteiger partial charge in [0.05, 0.1) is 0 Å². The molecule has 0 aliphatic heterocycles. The van der Waals surface area contributed by atoms with E-state index in [0.717, 1.165) is 6.04 Å². The van der Waals surface area contributed by atoms with Crippen LogP contribution in [0.25, 0.3) is 0 Å². The maximum atomic E-state index is 10.7. The molecule has 1 unspecified atom stereocenters. The van der Waals surface area contributed by atoms with Gasteiger partial charge in [-0.15, -0.1) is 10.2 Å². The van der Waals surface area contributed by atoms with E-state index in [9.17, 15) is 9.90 Å². The molecule has 0 aliphatic carbocycles. The van der Waals surface area contributed by atoms with Crippen molar-refractivity contribution < 1.29 is 19.4 Å². The highest BCUT2D eigenvalue weighted by Crippen LogP contribution is 2.17. The number of carbonyl (C=O) groups excluding carboxylic acids is 1. The monoisotopic (exact) mass is 316 g/mol. The molecule has 1 aromatic rings. The Morgan fingerprint density at radius 1 is 1.52 bits per heavy atom. The van der Waals surface area contributed by atoms with Gasteiger partial charge >= 0.3 is 6.09 Å². The molecule has 1 rings (SSSR count). The zero-order valence-electron chi connectivity index (χ0n) is 12.9. The number of aliphatic hydroxyl groups excluding tert-OH is 1. The molecular weight excluding hydrogens is 292 g/mol. The number of nitrogens with two attached hydrogens (primary N) is 1. The van der Waals surface area contributed by atoms with Crippen molar-refractivity contribution in [1.82, 2.24) is 14.8 Å². The molecule has 120 valence electrons. The van der Waals surface area contributed by atoms with Gasteiger partial charge in [0, 0.05) is 14.7 Å². The molecule has 0 bridgehead atoms. The van der Waals surface area contributed by atoms with Crippen LogP contribution in [0.1, 0.15) is 18.9 Å². The second kappa shape index (κ2) is 7.53. The summed E-state index contributed by atoms with van der Waals surface area (Å²) in [4.78, 5) is 10.7. The quantitative estimate of drug-likeness (QED) is 0.548. The van der Waals surface area contributed by atoms with Gasteiger partial charge in [0.1, 0.15) is 19.2 Å². The van der Waals surface area contributed by atoms with Gasteiger partial charge in [-0.1, -0.05) is 19.6 Å². The van der Waals surface area contributed by atoms with E-state index in [2.05, 4.69) is 29.8 Å². The molecule has 9 heteroatoms. The minimum atomic E-state index is -1.14. The van der Waals surface area contributed by atoms with Crippen LogP contribution in [0, 0.1) is 0 Å². The topological polar surface area (TPSA) is 112 Å². The standard InChI is InChI=1S/C12H24N4O4Si/c1-9(20-12(13)18)10(17)11-15-14-7-16(11)8-19-5-6-21(2,3)4/h7,9-10,17H,5-6,8H2,1-4H3,(H2,13,18)/t9-,10?/m0/s1. The van der Waals surface area contributed by atoms with Crippen LogP contribution >= 0.6 is 0 Å². The fourth-order valence-corrected chi connectivity index (χ4v) is 2.35. The number of carbonyl (C=O) groups is 1. The third-order valence-corrected chi connectivity index (χ3v) is 4.59. The van der Waals surface area contributed by atoms with Crippen LogP contribution in [0.2, 0.25) is 25.7 Å². The molecule has 1 amide bonds. The molecule has 3 N–H and O–H groups in total. The van der Waals surface area contributed by atoms with Gasteiger partial charge in [-0.2, -0.15) is 0 Å². The normalized spacial score (nSPS) is 14.7. The molecule has 2 atom stereocenters. The number of rotatable bonds is 8. The van der Waals surface area contributed by atoms with E-state index in [1.165, 1.54) is 13.3 Å². The molecule has 0 radical (unpaired) electrons. The van der Waals surface area contributed by atoms with E-state index in [1.54, 1.807) is 4.57 Å². The van der Waals surface area contributed by atoms with Gasteiger partial charge in [-0.3, -0.25) is 4.57 Å². The highest BCUT2D eigenvalue weighted by molar-refractivity contribution is 6.76. The Balaban J connectivity index is 2.54. The fraction of sp³-hybridized carbons (Fsp3) is 0.750. The number of amides is 1. The summed E-state index contributed by atoms with van der Waals surface area (Å²) in [5.74, 6) is 0.275. The van der Waals surface area contributed by atoms with E-state index in [-0.39, 0.29) is 12.6 Å². The molecule has 0 saturated carbocycles. The highest BCUT2D eigenvalue weighted by atomic mass is 28.3. The summed E-state index contributed by atoms with van der Waals surface area (Å²) in [7, 11) is -1.14. The van der Waals surface area contributed by atoms with Crippen molar-refractivity contribution in [2.45, 2.75) is 51.5 Å². The van der Waals surface area contributed by atoms with E-state index < -0.39 is 26.4 Å². The Morgan fingerprint density at radius 3 is 2.76 bits per heavy atom. The lowest BCUT2D eigenvalue weighted by Gasteiger charge is -2.19. The average molecular weight is 316 g/mol. The van der Waals surface area contributed by atoms with Crippen molar-refractivity contribution in [2.24, 2.45) is 5.73 Å². The summed E-state index contributed by atoms with van der Waals surface area (Å²) in [5.41, 5.74) is 4.93. The van der Waals surface area contributed by atoms with Crippen LogP contribution in [-0.2, 0) is 16.2 Å². The minimum Gasteiger partial charge on any atom is -0.443 e. The van der Waals surface area contributed by atoms with Crippen molar-refractivity contribution in [1.29, 1.82) is 0 Å². The number of hydrogen-bond acceptors (Lipinski definition) is 6. The first-order valence-corrected chi connectivity index (χ1v) is 10.5. The first-order valence-electron chi connectivity index (χ1n) is 6.80. The van der Waals surface area contributed by atoms with Crippen LogP contribution < -0.4 is 5.73 Å². The molecule has 1 aromatic heterocycles. The summed E-state index contributed by atoms with van der Waals surface area (Å²) >= 11 is 0. The summed E-state index contributed by atoms with van der Waals surface area (Å²) in [6, 6.07) is 1.05. The Labute approximate surface area is 125 Å². The van der Waals surface area contributed by atoms with Gasteiger partial charge < -0.3 is 20.3 Å². The SMILES string of the molecule is C[C@H](OC(N)=O)C(O)c1nncn1COCC[Si](C)(C)C. The number of hydrogen-bond donors (Lipinski definition) is 2. The molecular formula is C12H24N4O4Si. The zero-order chi connectivity index (χ0) is 16.0. The fourth-order valence-electron chi connectivity index (χ4n) is 1.59. The number of aromatic nitrogens is 3. The summed E-state index contributed by atoms with van der Waals surface area (Å²) in [6.45, 7) is 9.23. The Bertz CT molecular complexity index is 460. The number of aliphatic hydroxyl groups is 1. The average Bonchev–Trinajstić information content (AvgIpc) is 2.79. The second-order valence-electron chi connectivity index (χ2n) is 6.09. The summed E-state index contributed by atoms with van der Waals surface area (Å²) in [5, 5.41) is 17.7. The van der Waals surface area contributed by atoms with Crippen LogP contribution in [0.3, 0.4) is 0 Å².